The van der Waals surface area contributed by atoms with Crippen LogP contribution in [0.1, 0.15) is 124 Å². The number of hydrogen-bond donors (Lipinski definition) is 0. The maximum Gasteiger partial charge on any atom is 0.164 e. The van der Waals surface area contributed by atoms with Crippen molar-refractivity contribution in [2.75, 3.05) is 6.61 Å². The lowest BCUT2D eigenvalue weighted by atomic mass is 9.60. The third kappa shape index (κ3) is 4.67. The van der Waals surface area contributed by atoms with Crippen LogP contribution in [0.2, 0.25) is 0 Å². The van der Waals surface area contributed by atoms with Gasteiger partial charge in [-0.3, -0.25) is 4.79 Å². The SMILES string of the molecule is CC1(C)C[C@H]2CCCCC(C)(C2)C[C@](C)(OCC(=O)C23CCC4CC(CC(C4)C2)C3)C1. The van der Waals surface area contributed by atoms with E-state index in [1.807, 2.05) is 0 Å². The Morgan fingerprint density at radius 2 is 1.48 bits per heavy atom. The molecule has 176 valence electrons. The molecule has 2 nitrogen and oxygen atoms in total. The minimum Gasteiger partial charge on any atom is -0.367 e. The van der Waals surface area contributed by atoms with Gasteiger partial charge >= 0.3 is 0 Å². The van der Waals surface area contributed by atoms with Gasteiger partial charge in [0.05, 0.1) is 5.60 Å². The second kappa shape index (κ2) is 7.85. The largest absolute Gasteiger partial charge is 0.367 e. The fraction of sp³-hybridized carbons (Fsp3) is 0.966. The van der Waals surface area contributed by atoms with Crippen molar-refractivity contribution in [3.63, 3.8) is 0 Å². The van der Waals surface area contributed by atoms with E-state index in [2.05, 4.69) is 27.7 Å². The Labute approximate surface area is 191 Å². The Morgan fingerprint density at radius 3 is 2.23 bits per heavy atom. The molecule has 6 saturated carbocycles. The molecule has 31 heavy (non-hydrogen) atoms. The highest BCUT2D eigenvalue weighted by atomic mass is 16.5. The van der Waals surface area contributed by atoms with Gasteiger partial charge in [-0.2, -0.15) is 0 Å². The maximum atomic E-state index is 13.8. The molecule has 0 saturated heterocycles. The molecule has 0 radical (unpaired) electrons. The Balaban J connectivity index is 1.31. The molecule has 6 rings (SSSR count). The van der Waals surface area contributed by atoms with Gasteiger partial charge in [0.2, 0.25) is 0 Å². The molecular weight excluding hydrogens is 380 g/mol. The number of carbonyl (C=O) groups excluding carboxylic acids is 1. The van der Waals surface area contributed by atoms with Gasteiger partial charge in [0, 0.05) is 5.41 Å². The van der Waals surface area contributed by atoms with Crippen molar-refractivity contribution >= 4 is 5.78 Å². The smallest absolute Gasteiger partial charge is 0.164 e. The molecule has 3 unspecified atom stereocenters. The first-order chi connectivity index (χ1) is 14.6. The Morgan fingerprint density at radius 1 is 0.774 bits per heavy atom. The summed E-state index contributed by atoms with van der Waals surface area (Å²) in [5.41, 5.74) is 0.476. The van der Waals surface area contributed by atoms with E-state index >= 15 is 0 Å². The van der Waals surface area contributed by atoms with E-state index in [9.17, 15) is 4.79 Å². The summed E-state index contributed by atoms with van der Waals surface area (Å²) < 4.78 is 6.78. The highest BCUT2D eigenvalue weighted by molar-refractivity contribution is 5.86. The minimum absolute atomic E-state index is 0.0381. The lowest BCUT2D eigenvalue weighted by Gasteiger charge is -2.48. The van der Waals surface area contributed by atoms with Crippen LogP contribution < -0.4 is 0 Å². The van der Waals surface area contributed by atoms with Crippen LogP contribution in [-0.2, 0) is 9.53 Å². The molecule has 6 aliphatic carbocycles. The third-order valence-corrected chi connectivity index (χ3v) is 10.5. The van der Waals surface area contributed by atoms with Crippen molar-refractivity contribution in [3.05, 3.63) is 0 Å². The molecule has 0 spiro atoms. The fourth-order valence-electron chi connectivity index (χ4n) is 10.1. The zero-order valence-corrected chi connectivity index (χ0v) is 20.9. The molecule has 0 amide bonds. The molecule has 0 aliphatic heterocycles. The standard InChI is InChI=1S/C29H48O2/c1-26(2)14-22-7-5-6-9-27(3,15-22)20-28(4,19-26)31-18-25(30)29-10-8-21-11-23(16-29)13-24(12-21)17-29/h21-24H,5-20H2,1-4H3/t21?,22-,23?,24?,27?,28-,29?/m1/s1. The van der Waals surface area contributed by atoms with Crippen molar-refractivity contribution in [2.24, 2.45) is 39.9 Å². The average molecular weight is 429 g/mol. The fourth-order valence-corrected chi connectivity index (χ4v) is 10.1. The predicted molar refractivity (Wildman–Crippen MR) is 127 cm³/mol. The van der Waals surface area contributed by atoms with Crippen LogP contribution in [0.25, 0.3) is 0 Å². The van der Waals surface area contributed by atoms with Crippen LogP contribution >= 0.6 is 0 Å². The van der Waals surface area contributed by atoms with Gasteiger partial charge in [0.1, 0.15) is 6.61 Å². The second-order valence-electron chi connectivity index (χ2n) is 14.5. The quantitative estimate of drug-likeness (QED) is 0.458. The molecule has 6 bridgehead atoms. The van der Waals surface area contributed by atoms with Gasteiger partial charge in [-0.15, -0.1) is 0 Å². The zero-order chi connectivity index (χ0) is 21.9. The van der Waals surface area contributed by atoms with Crippen LogP contribution in [0.4, 0.5) is 0 Å². The van der Waals surface area contributed by atoms with Crippen molar-refractivity contribution in [1.82, 2.24) is 0 Å². The summed E-state index contributed by atoms with van der Waals surface area (Å²) in [5.74, 6) is 3.90. The molecule has 0 aromatic carbocycles. The molecule has 2 heteroatoms. The topological polar surface area (TPSA) is 26.3 Å². The van der Waals surface area contributed by atoms with Gasteiger partial charge in [-0.05, 0) is 118 Å². The number of ether oxygens (including phenoxy) is 1. The summed E-state index contributed by atoms with van der Waals surface area (Å²) in [5, 5.41) is 0. The van der Waals surface area contributed by atoms with Crippen LogP contribution in [0.3, 0.4) is 0 Å². The highest BCUT2D eigenvalue weighted by Crippen LogP contribution is 2.58. The van der Waals surface area contributed by atoms with Gasteiger partial charge in [-0.1, -0.05) is 40.0 Å². The number of Topliss-reactive ketones (excluding diaryl/α,β-unsaturated/α-hetero) is 1. The molecule has 0 aromatic rings. The van der Waals surface area contributed by atoms with E-state index in [0.29, 0.717) is 23.2 Å². The normalized spacial score (nSPS) is 49.0. The first-order valence-corrected chi connectivity index (χ1v) is 13.7. The summed E-state index contributed by atoms with van der Waals surface area (Å²) in [4.78, 5) is 13.8. The van der Waals surface area contributed by atoms with Gasteiger partial charge in [0.25, 0.3) is 0 Å². The number of carbonyl (C=O) groups is 1. The molecule has 0 aromatic heterocycles. The molecule has 0 N–H and O–H groups in total. The number of rotatable bonds is 4. The minimum atomic E-state index is -0.166. The van der Waals surface area contributed by atoms with E-state index in [4.69, 9.17) is 4.74 Å². The third-order valence-electron chi connectivity index (χ3n) is 10.5. The van der Waals surface area contributed by atoms with Crippen LogP contribution in [0.5, 0.6) is 0 Å². The van der Waals surface area contributed by atoms with Crippen LogP contribution in [-0.4, -0.2) is 18.0 Å². The maximum absolute atomic E-state index is 13.8. The zero-order valence-electron chi connectivity index (χ0n) is 20.9. The van der Waals surface area contributed by atoms with E-state index in [1.54, 1.807) is 0 Å². The Kier molecular flexibility index (Phi) is 5.68. The van der Waals surface area contributed by atoms with E-state index in [1.165, 1.54) is 77.0 Å². The molecular formula is C29H48O2. The monoisotopic (exact) mass is 428 g/mol. The molecule has 6 fully saturated rings. The van der Waals surface area contributed by atoms with E-state index in [0.717, 1.165) is 42.9 Å². The average Bonchev–Trinajstić information content (AvgIpc) is 2.96. The van der Waals surface area contributed by atoms with Crippen LogP contribution in [0.15, 0.2) is 0 Å². The predicted octanol–water partition coefficient (Wildman–Crippen LogP) is 7.73. The summed E-state index contributed by atoms with van der Waals surface area (Å²) in [6, 6.07) is 0. The second-order valence-corrected chi connectivity index (χ2v) is 14.5. The lowest BCUT2D eigenvalue weighted by Crippen LogP contribution is -2.46. The van der Waals surface area contributed by atoms with E-state index < -0.39 is 0 Å². The molecule has 5 atom stereocenters. The summed E-state index contributed by atoms with van der Waals surface area (Å²) in [6.07, 6.45) is 19.4. The highest BCUT2D eigenvalue weighted by Gasteiger charge is 2.52. The van der Waals surface area contributed by atoms with Crippen molar-refractivity contribution in [2.45, 2.75) is 130 Å². The van der Waals surface area contributed by atoms with Gasteiger partial charge in [0.15, 0.2) is 5.78 Å². The van der Waals surface area contributed by atoms with Gasteiger partial charge < -0.3 is 4.74 Å². The van der Waals surface area contributed by atoms with Crippen molar-refractivity contribution in [3.8, 4) is 0 Å². The van der Waals surface area contributed by atoms with E-state index in [-0.39, 0.29) is 11.0 Å². The van der Waals surface area contributed by atoms with Crippen LogP contribution in [0, 0.1) is 39.9 Å². The first kappa shape index (κ1) is 22.4. The number of fused-ring (bicyclic) bond motifs is 3. The number of hydrogen-bond acceptors (Lipinski definition) is 2. The molecule has 6 aliphatic rings. The number of ketones is 1. The Bertz CT molecular complexity index is 681. The molecule has 0 heterocycles. The van der Waals surface area contributed by atoms with Crippen molar-refractivity contribution < 1.29 is 9.53 Å². The first-order valence-electron chi connectivity index (χ1n) is 13.7. The van der Waals surface area contributed by atoms with Crippen molar-refractivity contribution in [1.29, 1.82) is 0 Å². The summed E-state index contributed by atoms with van der Waals surface area (Å²) in [6.45, 7) is 10.1. The lowest BCUT2D eigenvalue weighted by molar-refractivity contribution is -0.152. The summed E-state index contributed by atoms with van der Waals surface area (Å²) >= 11 is 0. The summed E-state index contributed by atoms with van der Waals surface area (Å²) in [7, 11) is 0. The van der Waals surface area contributed by atoms with Gasteiger partial charge in [-0.25, -0.2) is 0 Å². The Hall–Kier alpha value is -0.370.